The van der Waals surface area contributed by atoms with E-state index in [1.54, 1.807) is 51.2 Å². The highest BCUT2D eigenvalue weighted by Gasteiger charge is 2.50. The SMILES string of the molecule is C/C=C/[C@H]1O[C@@](O)([C@@H](C)[C@H](O)[C@H](C)[C@H]2OC(=O)/C(OC)=C/C(C)=C/[C@@H](C)[C@@H](O)C(CC)[C@@H](O)[C@H](C)C/C(C)=C/C=C/[C@@H]2O)C[C@@H](O)[C@@H]1C. The first-order valence-electron chi connectivity index (χ1n) is 17.3. The molecular weight excluding hydrogens is 616 g/mol. The molecule has 2 heterocycles. The minimum atomic E-state index is -1.90. The highest BCUT2D eigenvalue weighted by atomic mass is 16.6. The Balaban J connectivity index is 2.53. The van der Waals surface area contributed by atoms with Gasteiger partial charge in [-0.2, -0.15) is 0 Å². The molecule has 0 aromatic heterocycles. The summed E-state index contributed by atoms with van der Waals surface area (Å²) in [5.74, 6) is -5.96. The van der Waals surface area contributed by atoms with Gasteiger partial charge in [-0.05, 0) is 45.6 Å². The minimum absolute atomic E-state index is 0.133. The molecule has 2 aliphatic heterocycles. The van der Waals surface area contributed by atoms with Crippen LogP contribution in [0.2, 0.25) is 0 Å². The molecule has 14 atom stereocenters. The Morgan fingerprint density at radius 1 is 1.10 bits per heavy atom. The Morgan fingerprint density at radius 3 is 2.33 bits per heavy atom. The lowest BCUT2D eigenvalue weighted by atomic mass is 9.77. The summed E-state index contributed by atoms with van der Waals surface area (Å²) in [7, 11) is 1.32. The van der Waals surface area contributed by atoms with E-state index in [1.807, 2.05) is 41.5 Å². The van der Waals surface area contributed by atoms with Crippen LogP contribution in [0.25, 0.3) is 0 Å². The number of allylic oxidation sites excluding steroid dienone is 6. The third-order valence-electron chi connectivity index (χ3n) is 10.3. The van der Waals surface area contributed by atoms with Crippen molar-refractivity contribution in [3.8, 4) is 0 Å². The van der Waals surface area contributed by atoms with Gasteiger partial charge in [-0.15, -0.1) is 0 Å². The molecule has 0 radical (unpaired) electrons. The molecule has 6 N–H and O–H groups in total. The molecule has 274 valence electrons. The van der Waals surface area contributed by atoms with Crippen molar-refractivity contribution in [1.82, 2.24) is 0 Å². The number of aliphatic hydroxyl groups is 6. The number of cyclic esters (lactones) is 1. The van der Waals surface area contributed by atoms with Crippen molar-refractivity contribution >= 4 is 5.97 Å². The van der Waals surface area contributed by atoms with E-state index in [0.717, 1.165) is 5.57 Å². The van der Waals surface area contributed by atoms with Crippen LogP contribution in [-0.2, 0) is 19.0 Å². The maximum atomic E-state index is 13.5. The fourth-order valence-corrected chi connectivity index (χ4v) is 6.99. The van der Waals surface area contributed by atoms with Gasteiger partial charge in [0.2, 0.25) is 5.76 Å². The van der Waals surface area contributed by atoms with Crippen LogP contribution in [0.5, 0.6) is 0 Å². The highest BCUT2D eigenvalue weighted by Crippen LogP contribution is 2.40. The van der Waals surface area contributed by atoms with Crippen molar-refractivity contribution in [2.45, 2.75) is 130 Å². The van der Waals surface area contributed by atoms with Crippen LogP contribution < -0.4 is 0 Å². The molecule has 0 amide bonds. The van der Waals surface area contributed by atoms with Gasteiger partial charge in [-0.1, -0.05) is 89.1 Å². The average molecular weight is 679 g/mol. The van der Waals surface area contributed by atoms with Gasteiger partial charge in [-0.25, -0.2) is 4.79 Å². The Hall–Kier alpha value is -2.31. The predicted octanol–water partition coefficient (Wildman–Crippen LogP) is 4.35. The molecule has 0 saturated carbocycles. The molecular formula is C38H62O10. The number of aliphatic hydroxyl groups excluding tert-OH is 5. The van der Waals surface area contributed by atoms with Crippen molar-refractivity contribution in [3.63, 3.8) is 0 Å². The maximum absolute atomic E-state index is 13.5. The lowest BCUT2D eigenvalue weighted by Gasteiger charge is -2.47. The quantitative estimate of drug-likeness (QED) is 0.168. The number of carbonyl (C=O) groups excluding carboxylic acids is 1. The standard InChI is InChI=1S/C38H62O10/c1-11-14-31-25(7)30(40)20-38(45,48-31)27(9)35(43)26(8)36-29(39)16-13-15-21(3)17-23(5)33(41)28(12-2)34(42)24(6)18-22(4)19-32(46-10)37(44)47-36/h11,13-16,18-19,23-31,33-36,39-43,45H,12,17,20H2,1-10H3/b14-11+,16-13+,21-15+,22-18+,32-19-/t23-,24-,25+,26+,27+,28?,29+,30-,31-,33+,34-,35-,36-,38-/m1/s1. The van der Waals surface area contributed by atoms with Gasteiger partial charge in [-0.3, -0.25) is 0 Å². The smallest absolute Gasteiger partial charge is 0.373 e. The molecule has 1 saturated heterocycles. The Bertz CT molecular complexity index is 1190. The number of hydrogen-bond donors (Lipinski definition) is 6. The first kappa shape index (κ1) is 41.9. The van der Waals surface area contributed by atoms with E-state index >= 15 is 0 Å². The molecule has 1 fully saturated rings. The molecule has 48 heavy (non-hydrogen) atoms. The molecule has 1 unspecified atom stereocenters. The Kier molecular flexibility index (Phi) is 16.2. The van der Waals surface area contributed by atoms with Gasteiger partial charge in [0, 0.05) is 36.0 Å². The van der Waals surface area contributed by atoms with E-state index in [9.17, 15) is 35.4 Å². The zero-order valence-corrected chi connectivity index (χ0v) is 30.5. The van der Waals surface area contributed by atoms with Crippen molar-refractivity contribution in [2.24, 2.45) is 35.5 Å². The molecule has 0 spiro atoms. The maximum Gasteiger partial charge on any atom is 0.373 e. The molecule has 2 aliphatic rings. The summed E-state index contributed by atoms with van der Waals surface area (Å²) in [5.41, 5.74) is 1.55. The van der Waals surface area contributed by atoms with Crippen LogP contribution in [0.3, 0.4) is 0 Å². The summed E-state index contributed by atoms with van der Waals surface area (Å²) in [6, 6.07) is 0. The Labute approximate surface area is 287 Å². The lowest BCUT2D eigenvalue weighted by Crippen LogP contribution is -2.57. The summed E-state index contributed by atoms with van der Waals surface area (Å²) in [6.07, 6.45) is 5.63. The number of carbonyl (C=O) groups is 1. The zero-order valence-electron chi connectivity index (χ0n) is 30.5. The van der Waals surface area contributed by atoms with Crippen molar-refractivity contribution in [3.05, 3.63) is 59.4 Å². The normalized spacial score (nSPS) is 42.4. The largest absolute Gasteiger partial charge is 0.490 e. The van der Waals surface area contributed by atoms with Crippen LogP contribution in [0.4, 0.5) is 0 Å². The van der Waals surface area contributed by atoms with Crippen LogP contribution in [0.15, 0.2) is 59.4 Å². The first-order valence-corrected chi connectivity index (χ1v) is 17.3. The monoisotopic (exact) mass is 678 g/mol. The van der Waals surface area contributed by atoms with Gasteiger partial charge in [0.15, 0.2) is 5.79 Å². The van der Waals surface area contributed by atoms with E-state index in [4.69, 9.17) is 14.2 Å². The average Bonchev–Trinajstić information content (AvgIpc) is 3.03. The summed E-state index contributed by atoms with van der Waals surface area (Å²) in [5, 5.41) is 67.7. The van der Waals surface area contributed by atoms with E-state index in [0.29, 0.717) is 18.4 Å². The van der Waals surface area contributed by atoms with E-state index < -0.39 is 66.3 Å². The molecule has 0 aliphatic carbocycles. The molecule has 0 aromatic rings. The van der Waals surface area contributed by atoms with Crippen molar-refractivity contribution in [2.75, 3.05) is 7.11 Å². The fraction of sp³-hybridized carbons (Fsp3) is 0.711. The molecule has 0 aromatic carbocycles. The van der Waals surface area contributed by atoms with Gasteiger partial charge in [0.05, 0.1) is 37.6 Å². The van der Waals surface area contributed by atoms with Gasteiger partial charge in [0.25, 0.3) is 0 Å². The fourth-order valence-electron chi connectivity index (χ4n) is 6.99. The number of methoxy groups -OCH3 is 1. The van der Waals surface area contributed by atoms with Gasteiger partial charge >= 0.3 is 5.97 Å². The molecule has 10 nitrogen and oxygen atoms in total. The molecule has 10 heteroatoms. The van der Waals surface area contributed by atoms with Crippen molar-refractivity contribution in [1.29, 1.82) is 0 Å². The topological polar surface area (TPSA) is 166 Å². The van der Waals surface area contributed by atoms with Gasteiger partial charge in [0.1, 0.15) is 12.2 Å². The second-order valence-corrected chi connectivity index (χ2v) is 14.2. The Morgan fingerprint density at radius 2 is 1.75 bits per heavy atom. The van der Waals surface area contributed by atoms with Crippen LogP contribution in [0, 0.1) is 35.5 Å². The second-order valence-electron chi connectivity index (χ2n) is 14.2. The number of rotatable bonds is 7. The third-order valence-corrected chi connectivity index (χ3v) is 10.3. The number of esters is 1. The van der Waals surface area contributed by atoms with Crippen LogP contribution in [0.1, 0.15) is 81.6 Å². The highest BCUT2D eigenvalue weighted by molar-refractivity contribution is 5.87. The second kappa shape index (κ2) is 18.6. The molecule has 0 bridgehead atoms. The first-order chi connectivity index (χ1) is 22.4. The van der Waals surface area contributed by atoms with E-state index in [2.05, 4.69) is 0 Å². The number of ether oxygens (including phenoxy) is 3. The third kappa shape index (κ3) is 10.6. The van der Waals surface area contributed by atoms with Crippen LogP contribution in [-0.4, -0.2) is 92.2 Å². The lowest BCUT2D eigenvalue weighted by molar-refractivity contribution is -0.313. The van der Waals surface area contributed by atoms with E-state index in [1.165, 1.54) is 19.3 Å². The summed E-state index contributed by atoms with van der Waals surface area (Å²) in [6.45, 7) is 16.2. The van der Waals surface area contributed by atoms with Crippen molar-refractivity contribution < 1.29 is 49.6 Å². The summed E-state index contributed by atoms with van der Waals surface area (Å²) < 4.78 is 17.3. The summed E-state index contributed by atoms with van der Waals surface area (Å²) >= 11 is 0. The van der Waals surface area contributed by atoms with Crippen LogP contribution >= 0.6 is 0 Å². The van der Waals surface area contributed by atoms with Gasteiger partial charge < -0.3 is 44.8 Å². The summed E-state index contributed by atoms with van der Waals surface area (Å²) in [4.78, 5) is 13.5. The zero-order chi connectivity index (χ0) is 36.5. The van der Waals surface area contributed by atoms with E-state index in [-0.39, 0.29) is 35.9 Å². The molecule has 2 rings (SSSR count). The predicted molar refractivity (Wildman–Crippen MR) is 185 cm³/mol. The minimum Gasteiger partial charge on any atom is -0.490 e. The number of hydrogen-bond acceptors (Lipinski definition) is 10.